The van der Waals surface area contributed by atoms with Crippen molar-refractivity contribution in [3.05, 3.63) is 29.4 Å². The Morgan fingerprint density at radius 2 is 1.91 bits per heavy atom. The summed E-state index contributed by atoms with van der Waals surface area (Å²) in [6.45, 7) is 9.75. The van der Waals surface area contributed by atoms with E-state index < -0.39 is 18.3 Å². The third-order valence-corrected chi connectivity index (χ3v) is 4.22. The van der Waals surface area contributed by atoms with Crippen LogP contribution in [0.3, 0.4) is 0 Å². The van der Waals surface area contributed by atoms with Crippen molar-refractivity contribution in [2.24, 2.45) is 0 Å². The van der Waals surface area contributed by atoms with Gasteiger partial charge in [0.25, 0.3) is 0 Å². The zero-order valence-electron chi connectivity index (χ0n) is 14.3. The maximum Gasteiger partial charge on any atom is 0.492 e. The topological polar surface area (TPSA) is 86.5 Å². The van der Waals surface area contributed by atoms with Crippen LogP contribution in [0.5, 0.6) is 0 Å². The molecule has 2 heterocycles. The van der Waals surface area contributed by atoms with Gasteiger partial charge in [-0.1, -0.05) is 6.07 Å². The van der Waals surface area contributed by atoms with Crippen LogP contribution in [0.4, 0.5) is 5.82 Å². The van der Waals surface area contributed by atoms with Crippen LogP contribution in [-0.2, 0) is 14.1 Å². The van der Waals surface area contributed by atoms with Gasteiger partial charge < -0.3 is 20.4 Å². The molecule has 0 unspecified atom stereocenters. The molecule has 1 aliphatic heterocycles. The van der Waals surface area contributed by atoms with Gasteiger partial charge in [0.05, 0.1) is 16.9 Å². The van der Waals surface area contributed by atoms with E-state index in [-0.39, 0.29) is 5.91 Å². The second-order valence-corrected chi connectivity index (χ2v) is 6.70. The van der Waals surface area contributed by atoms with Crippen molar-refractivity contribution in [1.82, 2.24) is 10.3 Å². The zero-order chi connectivity index (χ0) is 17.3. The van der Waals surface area contributed by atoms with Gasteiger partial charge in [-0.05, 0) is 51.4 Å². The third kappa shape index (κ3) is 4.12. The van der Waals surface area contributed by atoms with Crippen LogP contribution in [-0.4, -0.2) is 35.8 Å². The molecule has 1 fully saturated rings. The number of rotatable bonds is 4. The number of nitrogens with two attached hydrogens (primary N) is 1. The predicted octanol–water partition coefficient (Wildman–Crippen LogP) is 1.81. The average molecular weight is 317 g/mol. The molecule has 1 aromatic rings. The summed E-state index contributed by atoms with van der Waals surface area (Å²) in [4.78, 5) is 15.5. The summed E-state index contributed by atoms with van der Waals surface area (Å²) in [6, 6.07) is 5.39. The molecule has 7 heteroatoms. The van der Waals surface area contributed by atoms with E-state index in [1.165, 1.54) is 6.92 Å². The Kier molecular flexibility index (Phi) is 4.82. The molecule has 124 valence electrons. The smallest absolute Gasteiger partial charge is 0.400 e. The highest BCUT2D eigenvalue weighted by molar-refractivity contribution is 6.56. The van der Waals surface area contributed by atoms with E-state index in [2.05, 4.69) is 10.3 Å². The average Bonchev–Trinajstić information content (AvgIpc) is 2.63. The molecule has 1 aliphatic rings. The molecule has 2 rings (SSSR count). The second-order valence-electron chi connectivity index (χ2n) is 6.70. The van der Waals surface area contributed by atoms with Crippen molar-refractivity contribution >= 4 is 24.9 Å². The van der Waals surface area contributed by atoms with Gasteiger partial charge in [-0.15, -0.1) is 0 Å². The number of nitrogens with one attached hydrogen (secondary N) is 1. The molecule has 0 aromatic carbocycles. The van der Waals surface area contributed by atoms with Crippen molar-refractivity contribution in [3.63, 3.8) is 0 Å². The van der Waals surface area contributed by atoms with E-state index in [9.17, 15) is 4.79 Å². The lowest BCUT2D eigenvalue weighted by Gasteiger charge is -2.32. The van der Waals surface area contributed by atoms with Gasteiger partial charge in [0.2, 0.25) is 5.91 Å². The number of carbonyl (C=O) groups is 1. The molecule has 0 aliphatic carbocycles. The molecule has 3 N–H and O–H groups in total. The molecule has 1 amide bonds. The van der Waals surface area contributed by atoms with Gasteiger partial charge in [0, 0.05) is 13.5 Å². The molecule has 0 radical (unpaired) electrons. The maximum absolute atomic E-state index is 11.3. The Bertz CT molecular complexity index is 613. The Morgan fingerprint density at radius 1 is 1.30 bits per heavy atom. The number of hydrogen-bond donors (Lipinski definition) is 2. The first-order valence-electron chi connectivity index (χ1n) is 7.64. The van der Waals surface area contributed by atoms with E-state index in [0.717, 1.165) is 5.47 Å². The summed E-state index contributed by atoms with van der Waals surface area (Å²) in [7, 11) is -0.546. The van der Waals surface area contributed by atoms with Crippen molar-refractivity contribution in [3.8, 4) is 0 Å². The summed E-state index contributed by atoms with van der Waals surface area (Å²) in [5.41, 5.74) is 6.31. The van der Waals surface area contributed by atoms with E-state index in [1.54, 1.807) is 6.07 Å². The van der Waals surface area contributed by atoms with Crippen LogP contribution in [0.25, 0.3) is 6.08 Å². The number of carbonyl (C=O) groups excluding carboxylic acids is 1. The lowest BCUT2D eigenvalue weighted by atomic mass is 9.77. The minimum absolute atomic E-state index is 0.118. The highest BCUT2D eigenvalue weighted by atomic mass is 16.7. The van der Waals surface area contributed by atoms with Crippen LogP contribution in [0.15, 0.2) is 23.7 Å². The molecule has 0 atom stereocenters. The molecule has 6 nitrogen and oxygen atoms in total. The monoisotopic (exact) mass is 317 g/mol. The molecule has 1 saturated heterocycles. The van der Waals surface area contributed by atoms with Crippen molar-refractivity contribution in [2.45, 2.75) is 45.8 Å². The molecule has 23 heavy (non-hydrogen) atoms. The Morgan fingerprint density at radius 3 is 2.43 bits per heavy atom. The molecular weight excluding hydrogens is 293 g/mol. The quantitative estimate of drug-likeness (QED) is 0.827. The number of aromatic nitrogens is 1. The number of amides is 1. The van der Waals surface area contributed by atoms with Crippen LogP contribution >= 0.6 is 0 Å². The Labute approximate surface area is 137 Å². The fourth-order valence-corrected chi connectivity index (χ4v) is 2.16. The molecule has 1 aromatic heterocycles. The van der Waals surface area contributed by atoms with Gasteiger partial charge in [0.15, 0.2) is 0 Å². The normalized spacial score (nSPS) is 19.7. The third-order valence-electron chi connectivity index (χ3n) is 4.22. The summed E-state index contributed by atoms with van der Waals surface area (Å²) >= 11 is 0. The first kappa shape index (κ1) is 17.5. The number of nitrogens with zero attached hydrogens (tertiary/aromatic N) is 1. The molecule has 0 spiro atoms. The minimum atomic E-state index is -0.546. The highest BCUT2D eigenvalue weighted by Gasteiger charge is 2.52. The zero-order valence-corrected chi connectivity index (χ0v) is 14.3. The SMILES string of the molecule is CC(=O)NCC(=Cc1cccc(N)n1)B1OC(C)(C)C(C)(C)O1. The first-order chi connectivity index (χ1) is 10.6. The van der Waals surface area contributed by atoms with Crippen molar-refractivity contribution < 1.29 is 14.1 Å². The van der Waals surface area contributed by atoms with E-state index in [4.69, 9.17) is 15.0 Å². The Balaban J connectivity index is 2.30. The van der Waals surface area contributed by atoms with Crippen LogP contribution in [0.2, 0.25) is 0 Å². The number of hydrogen-bond acceptors (Lipinski definition) is 5. The fourth-order valence-electron chi connectivity index (χ4n) is 2.16. The van der Waals surface area contributed by atoms with Gasteiger partial charge in [-0.3, -0.25) is 4.79 Å². The van der Waals surface area contributed by atoms with Crippen LogP contribution in [0, 0.1) is 0 Å². The lowest BCUT2D eigenvalue weighted by Crippen LogP contribution is -2.41. The molecule has 0 bridgehead atoms. The standard InChI is InChI=1S/C16H24BN3O3/c1-11(21)19-10-12(9-13-7-6-8-14(18)20-13)17-22-15(2,3)16(4,5)23-17/h6-9H,10H2,1-5H3,(H2,18,20)(H,19,21). The fraction of sp³-hybridized carbons (Fsp3) is 0.500. The summed E-state index contributed by atoms with van der Waals surface area (Å²) < 4.78 is 12.1. The summed E-state index contributed by atoms with van der Waals surface area (Å²) in [5.74, 6) is 0.319. The minimum Gasteiger partial charge on any atom is -0.400 e. The number of nitrogen functional groups attached to an aromatic ring is 1. The van der Waals surface area contributed by atoms with Gasteiger partial charge in [0.1, 0.15) is 5.82 Å². The van der Waals surface area contributed by atoms with Gasteiger partial charge >= 0.3 is 7.12 Å². The van der Waals surface area contributed by atoms with E-state index in [0.29, 0.717) is 18.1 Å². The first-order valence-corrected chi connectivity index (χ1v) is 7.64. The highest BCUT2D eigenvalue weighted by Crippen LogP contribution is 2.38. The molecule has 0 saturated carbocycles. The van der Waals surface area contributed by atoms with Gasteiger partial charge in [-0.25, -0.2) is 4.98 Å². The lowest BCUT2D eigenvalue weighted by molar-refractivity contribution is -0.118. The summed E-state index contributed by atoms with van der Waals surface area (Å²) in [6.07, 6.45) is 1.84. The second kappa shape index (κ2) is 6.33. The van der Waals surface area contributed by atoms with Crippen molar-refractivity contribution in [2.75, 3.05) is 12.3 Å². The maximum atomic E-state index is 11.3. The Hall–Kier alpha value is -1.86. The van der Waals surface area contributed by atoms with Crippen LogP contribution in [0.1, 0.15) is 40.3 Å². The van der Waals surface area contributed by atoms with E-state index >= 15 is 0 Å². The number of pyridine rings is 1. The summed E-state index contributed by atoms with van der Waals surface area (Å²) in [5, 5.41) is 2.79. The number of anilines is 1. The molecular formula is C16H24BN3O3. The predicted molar refractivity (Wildman–Crippen MR) is 91.4 cm³/mol. The van der Waals surface area contributed by atoms with Gasteiger partial charge in [-0.2, -0.15) is 0 Å². The van der Waals surface area contributed by atoms with Crippen LogP contribution < -0.4 is 11.1 Å². The van der Waals surface area contributed by atoms with E-state index in [1.807, 2.05) is 45.9 Å². The van der Waals surface area contributed by atoms with Crippen molar-refractivity contribution in [1.29, 1.82) is 0 Å². The largest absolute Gasteiger partial charge is 0.492 e.